The Labute approximate surface area is 66.7 Å². The summed E-state index contributed by atoms with van der Waals surface area (Å²) in [6.07, 6.45) is 0.649. The van der Waals surface area contributed by atoms with E-state index in [4.69, 9.17) is 11.6 Å². The largest absolute Gasteiger partial charge is 0.520 e. The van der Waals surface area contributed by atoms with E-state index in [-0.39, 0.29) is 16.7 Å². The smallest absolute Gasteiger partial charge is 0.393 e. The van der Waals surface area contributed by atoms with Crippen molar-refractivity contribution in [2.45, 2.75) is 0 Å². The summed E-state index contributed by atoms with van der Waals surface area (Å²) in [6.45, 7) is 0. The van der Waals surface area contributed by atoms with Crippen LogP contribution in [0.5, 0.6) is 11.6 Å². The van der Waals surface area contributed by atoms with Crippen molar-refractivity contribution in [2.24, 2.45) is 0 Å². The van der Waals surface area contributed by atoms with Crippen LogP contribution in [0.3, 0.4) is 0 Å². The van der Waals surface area contributed by atoms with Crippen LogP contribution in [0.2, 0.25) is 5.02 Å². The molecule has 1 aliphatic heterocycles. The molecule has 2 bridgehead atoms. The first-order valence-corrected chi connectivity index (χ1v) is 3.19. The van der Waals surface area contributed by atoms with Crippen molar-refractivity contribution in [2.75, 3.05) is 0 Å². The summed E-state index contributed by atoms with van der Waals surface area (Å²) >= 11 is 5.65. The Bertz CT molecular complexity index is 299. The quantitative estimate of drug-likeness (QED) is 0.557. The summed E-state index contributed by atoms with van der Waals surface area (Å²) in [5.41, 5.74) is 0. The number of pyridine rings is 1. The Balaban J connectivity index is 2.60. The molecule has 1 aromatic rings. The molecule has 0 aliphatic carbocycles. The van der Waals surface area contributed by atoms with E-state index in [9.17, 15) is 4.79 Å². The molecule has 5 heteroatoms. The molecule has 0 unspecified atom stereocenters. The minimum atomic E-state index is -0.799. The molecule has 0 amide bonds. The molecule has 0 aromatic carbocycles. The molecular weight excluding hydrogens is 170 g/mol. The third-order valence-electron chi connectivity index (χ3n) is 1.20. The molecule has 0 radical (unpaired) electrons. The molecule has 0 saturated heterocycles. The molecule has 0 spiro atoms. The van der Waals surface area contributed by atoms with Gasteiger partial charge in [-0.2, -0.15) is 0 Å². The van der Waals surface area contributed by atoms with Gasteiger partial charge in [-0.05, 0) is 0 Å². The number of aromatic nitrogens is 1. The van der Waals surface area contributed by atoms with Crippen LogP contribution in [0.1, 0.15) is 0 Å². The fourth-order valence-corrected chi connectivity index (χ4v) is 0.936. The molecule has 2 heterocycles. The van der Waals surface area contributed by atoms with Crippen molar-refractivity contribution in [3.8, 4) is 11.6 Å². The lowest BCUT2D eigenvalue weighted by molar-refractivity contribution is 0.143. The molecule has 0 saturated carbocycles. The monoisotopic (exact) mass is 171 g/mol. The van der Waals surface area contributed by atoms with Crippen molar-refractivity contribution in [1.82, 2.24) is 4.98 Å². The molecule has 1 aliphatic rings. The lowest BCUT2D eigenvalue weighted by Gasteiger charge is -2.12. The highest BCUT2D eigenvalue weighted by atomic mass is 35.5. The van der Waals surface area contributed by atoms with Gasteiger partial charge in [0.05, 0.1) is 0 Å². The van der Waals surface area contributed by atoms with E-state index in [1.54, 1.807) is 0 Å². The molecule has 1 aromatic heterocycles. The highest BCUT2D eigenvalue weighted by molar-refractivity contribution is 6.33. The Morgan fingerprint density at radius 3 is 3.00 bits per heavy atom. The van der Waals surface area contributed by atoms with E-state index in [1.165, 1.54) is 12.3 Å². The first-order chi connectivity index (χ1) is 5.27. The Kier molecular flexibility index (Phi) is 1.22. The van der Waals surface area contributed by atoms with Crippen molar-refractivity contribution in [3.05, 3.63) is 17.3 Å². The van der Waals surface area contributed by atoms with Crippen molar-refractivity contribution >= 4 is 17.8 Å². The van der Waals surface area contributed by atoms with Crippen LogP contribution >= 0.6 is 11.6 Å². The molecular formula is C6H2ClNO3. The van der Waals surface area contributed by atoms with Crippen LogP contribution in [0.4, 0.5) is 4.79 Å². The Morgan fingerprint density at radius 1 is 1.45 bits per heavy atom. The average molecular weight is 172 g/mol. The van der Waals surface area contributed by atoms with Crippen molar-refractivity contribution < 1.29 is 14.3 Å². The topological polar surface area (TPSA) is 48.4 Å². The lowest BCUT2D eigenvalue weighted by Crippen LogP contribution is -2.19. The van der Waals surface area contributed by atoms with E-state index >= 15 is 0 Å². The first-order valence-electron chi connectivity index (χ1n) is 2.81. The van der Waals surface area contributed by atoms with E-state index in [0.29, 0.717) is 0 Å². The summed E-state index contributed by atoms with van der Waals surface area (Å²) in [6, 6.07) is 1.49. The Morgan fingerprint density at radius 2 is 2.27 bits per heavy atom. The second kappa shape index (κ2) is 2.10. The number of hydrogen-bond donors (Lipinski definition) is 0. The van der Waals surface area contributed by atoms with Crippen LogP contribution in [0.15, 0.2) is 12.3 Å². The molecule has 2 rings (SSSR count). The molecule has 11 heavy (non-hydrogen) atoms. The average Bonchev–Trinajstić information content (AvgIpc) is 1.92. The molecule has 56 valence electrons. The van der Waals surface area contributed by atoms with Crippen LogP contribution in [-0.2, 0) is 0 Å². The van der Waals surface area contributed by atoms with E-state index < -0.39 is 6.16 Å². The summed E-state index contributed by atoms with van der Waals surface area (Å²) < 4.78 is 9.11. The number of rotatable bonds is 0. The summed E-state index contributed by atoms with van der Waals surface area (Å²) in [5.74, 6) is 0.383. The predicted octanol–water partition coefficient (Wildman–Crippen LogP) is 1.63. The zero-order valence-corrected chi connectivity index (χ0v) is 5.96. The number of ether oxygens (including phenoxy) is 2. The second-order valence-electron chi connectivity index (χ2n) is 1.88. The molecule has 0 N–H and O–H groups in total. The van der Waals surface area contributed by atoms with Crippen LogP contribution < -0.4 is 9.47 Å². The fourth-order valence-electron chi connectivity index (χ4n) is 0.747. The number of nitrogens with zero attached hydrogens (tertiary/aromatic N) is 1. The Hall–Kier alpha value is -1.29. The maximum Gasteiger partial charge on any atom is 0.520 e. The van der Waals surface area contributed by atoms with Crippen LogP contribution in [-0.4, -0.2) is 11.1 Å². The van der Waals surface area contributed by atoms with Gasteiger partial charge in [-0.1, -0.05) is 11.6 Å². The molecule has 0 fully saturated rings. The summed E-state index contributed by atoms with van der Waals surface area (Å²) in [5, 5.41) is 0.229. The third-order valence-corrected chi connectivity index (χ3v) is 1.54. The number of fused-ring (bicyclic) bond motifs is 2. The van der Waals surface area contributed by atoms with Gasteiger partial charge in [0.25, 0.3) is 0 Å². The van der Waals surface area contributed by atoms with Gasteiger partial charge < -0.3 is 9.47 Å². The maximum atomic E-state index is 10.6. The highest BCUT2D eigenvalue weighted by Crippen LogP contribution is 2.34. The number of carbonyl (C=O) groups excluding carboxylic acids is 1. The highest BCUT2D eigenvalue weighted by Gasteiger charge is 2.22. The predicted molar refractivity (Wildman–Crippen MR) is 35.9 cm³/mol. The van der Waals surface area contributed by atoms with Gasteiger partial charge in [-0.3, -0.25) is 0 Å². The van der Waals surface area contributed by atoms with E-state index in [0.717, 1.165) is 0 Å². The van der Waals surface area contributed by atoms with Gasteiger partial charge in [-0.15, -0.1) is 0 Å². The standard InChI is InChI=1S/C6H2ClNO3/c7-4-3-1-2-8-5(4)11-6(9)10-3/h1-2H. The lowest BCUT2D eigenvalue weighted by atomic mass is 10.4. The van der Waals surface area contributed by atoms with Crippen molar-refractivity contribution in [3.63, 3.8) is 0 Å². The fraction of sp³-hybridized carbons (Fsp3) is 0. The van der Waals surface area contributed by atoms with Gasteiger partial charge in [0.1, 0.15) is 5.02 Å². The van der Waals surface area contributed by atoms with Gasteiger partial charge >= 0.3 is 6.16 Å². The SMILES string of the molecule is O=C1Oc2ccnc(c2Cl)O1. The summed E-state index contributed by atoms with van der Waals surface area (Å²) in [4.78, 5) is 14.3. The number of carbonyl (C=O) groups is 1. The van der Waals surface area contributed by atoms with Crippen molar-refractivity contribution in [1.29, 1.82) is 0 Å². The molecule has 4 nitrogen and oxygen atoms in total. The molecule has 0 atom stereocenters. The van der Waals surface area contributed by atoms with Crippen LogP contribution in [0.25, 0.3) is 0 Å². The van der Waals surface area contributed by atoms with E-state index in [1.807, 2.05) is 0 Å². The van der Waals surface area contributed by atoms with Gasteiger partial charge in [0.2, 0.25) is 5.88 Å². The zero-order chi connectivity index (χ0) is 7.84. The van der Waals surface area contributed by atoms with E-state index in [2.05, 4.69) is 14.5 Å². The zero-order valence-electron chi connectivity index (χ0n) is 5.20. The minimum Gasteiger partial charge on any atom is -0.393 e. The van der Waals surface area contributed by atoms with Gasteiger partial charge in [0.15, 0.2) is 5.75 Å². The number of hydrogen-bond acceptors (Lipinski definition) is 4. The number of halogens is 1. The second-order valence-corrected chi connectivity index (χ2v) is 2.26. The normalized spacial score (nSPS) is 13.7. The first kappa shape index (κ1) is 6.42. The van der Waals surface area contributed by atoms with Gasteiger partial charge in [0, 0.05) is 12.3 Å². The summed E-state index contributed by atoms with van der Waals surface area (Å²) in [7, 11) is 0. The van der Waals surface area contributed by atoms with Crippen LogP contribution in [0, 0.1) is 0 Å². The maximum absolute atomic E-state index is 10.6. The minimum absolute atomic E-state index is 0.0976. The third kappa shape index (κ3) is 0.914. The van der Waals surface area contributed by atoms with Gasteiger partial charge in [-0.25, -0.2) is 9.78 Å².